The van der Waals surface area contributed by atoms with Gasteiger partial charge in [0.15, 0.2) is 11.3 Å². The second-order valence-corrected chi connectivity index (χ2v) is 7.41. The highest BCUT2D eigenvalue weighted by molar-refractivity contribution is 6.33. The van der Waals surface area contributed by atoms with E-state index in [1.807, 2.05) is 12.1 Å². The van der Waals surface area contributed by atoms with E-state index in [2.05, 4.69) is 20.6 Å². The first-order valence-electron chi connectivity index (χ1n) is 9.05. The summed E-state index contributed by atoms with van der Waals surface area (Å²) in [7, 11) is 1.59. The van der Waals surface area contributed by atoms with Gasteiger partial charge in [0.05, 0.1) is 34.3 Å². The lowest BCUT2D eigenvalue weighted by molar-refractivity contribution is 0.102. The van der Waals surface area contributed by atoms with Gasteiger partial charge in [0.25, 0.3) is 5.91 Å². The van der Waals surface area contributed by atoms with E-state index < -0.39 is 5.91 Å². The van der Waals surface area contributed by atoms with Crippen molar-refractivity contribution in [2.45, 2.75) is 13.5 Å². The number of para-hydroxylation sites is 1. The number of rotatable bonds is 5. The Hall–Kier alpha value is -3.00. The molecule has 2 heterocycles. The van der Waals surface area contributed by atoms with Crippen LogP contribution in [0, 0.1) is 6.92 Å². The Bertz CT molecular complexity index is 1240. The smallest absolute Gasteiger partial charge is 0.278 e. The van der Waals surface area contributed by atoms with Gasteiger partial charge >= 0.3 is 0 Å². The van der Waals surface area contributed by atoms with Crippen LogP contribution >= 0.6 is 23.2 Å². The number of carbonyl (C=O) groups excluding carboxylic acids is 1. The highest BCUT2D eigenvalue weighted by Gasteiger charge is 2.22. The largest absolute Gasteiger partial charge is 0.378 e. The summed E-state index contributed by atoms with van der Waals surface area (Å²) >= 11 is 12.2. The molecule has 152 valence electrons. The summed E-state index contributed by atoms with van der Waals surface area (Å²) in [5.41, 5.74) is 4.05. The van der Waals surface area contributed by atoms with Crippen LogP contribution in [0.2, 0.25) is 10.0 Å². The number of nitrogens with one attached hydrogen (secondary N) is 1. The third-order valence-electron chi connectivity index (χ3n) is 4.59. The predicted octanol–water partition coefficient (Wildman–Crippen LogP) is 4.81. The number of nitrogens with zero attached hydrogens (tertiary/aromatic N) is 4. The number of anilines is 1. The number of aromatic nitrogens is 4. The summed E-state index contributed by atoms with van der Waals surface area (Å²) in [5, 5.41) is 16.9. The first-order chi connectivity index (χ1) is 14.5. The quantitative estimate of drug-likeness (QED) is 0.480. The lowest BCUT2D eigenvalue weighted by Crippen LogP contribution is -2.18. The van der Waals surface area contributed by atoms with E-state index in [1.165, 1.54) is 0 Å². The molecule has 0 bridgehead atoms. The Morgan fingerprint density at radius 1 is 1.10 bits per heavy atom. The Kier molecular flexibility index (Phi) is 5.67. The Labute approximate surface area is 182 Å². The molecule has 0 radical (unpaired) electrons. The third-order valence-corrected chi connectivity index (χ3v) is 5.17. The maximum Gasteiger partial charge on any atom is 0.278 e. The van der Waals surface area contributed by atoms with E-state index in [9.17, 15) is 4.79 Å². The molecule has 1 N–H and O–H groups in total. The SMILES string of the molecule is COCc1nn2c(C)c(C(=O)Nc3ccccc3Cl)nnc2c1-c1ccc(Cl)cc1. The van der Waals surface area contributed by atoms with Crippen molar-refractivity contribution in [2.75, 3.05) is 12.4 Å². The van der Waals surface area contributed by atoms with Crippen molar-refractivity contribution in [1.82, 2.24) is 19.8 Å². The van der Waals surface area contributed by atoms with Crippen molar-refractivity contribution in [3.8, 4) is 11.1 Å². The van der Waals surface area contributed by atoms with Crippen molar-refractivity contribution in [3.63, 3.8) is 0 Å². The van der Waals surface area contributed by atoms with Crippen molar-refractivity contribution in [3.05, 3.63) is 75.7 Å². The molecule has 0 aliphatic rings. The van der Waals surface area contributed by atoms with Crippen LogP contribution in [0.5, 0.6) is 0 Å². The van der Waals surface area contributed by atoms with E-state index in [4.69, 9.17) is 27.9 Å². The van der Waals surface area contributed by atoms with Crippen LogP contribution in [0.15, 0.2) is 48.5 Å². The van der Waals surface area contributed by atoms with Crippen LogP contribution in [0.25, 0.3) is 16.8 Å². The van der Waals surface area contributed by atoms with Crippen molar-refractivity contribution < 1.29 is 9.53 Å². The fourth-order valence-electron chi connectivity index (χ4n) is 3.15. The number of hydrogen-bond acceptors (Lipinski definition) is 5. The highest BCUT2D eigenvalue weighted by Crippen LogP contribution is 2.30. The molecule has 30 heavy (non-hydrogen) atoms. The lowest BCUT2D eigenvalue weighted by atomic mass is 10.1. The molecule has 0 saturated carbocycles. The lowest BCUT2D eigenvalue weighted by Gasteiger charge is -2.09. The van der Waals surface area contributed by atoms with E-state index >= 15 is 0 Å². The first kappa shape index (κ1) is 20.3. The van der Waals surface area contributed by atoms with Crippen LogP contribution in [0.3, 0.4) is 0 Å². The zero-order valence-electron chi connectivity index (χ0n) is 16.2. The molecule has 0 aliphatic carbocycles. The number of methoxy groups -OCH3 is 1. The zero-order chi connectivity index (χ0) is 21.3. The third kappa shape index (κ3) is 3.75. The van der Waals surface area contributed by atoms with Crippen LogP contribution in [-0.4, -0.2) is 32.8 Å². The minimum Gasteiger partial charge on any atom is -0.378 e. The zero-order valence-corrected chi connectivity index (χ0v) is 17.7. The van der Waals surface area contributed by atoms with Gasteiger partial charge in [-0.1, -0.05) is 47.5 Å². The van der Waals surface area contributed by atoms with E-state index in [-0.39, 0.29) is 12.3 Å². The molecular weight excluding hydrogens is 425 g/mol. The molecule has 4 aromatic rings. The number of hydrogen-bond donors (Lipinski definition) is 1. The van der Waals surface area contributed by atoms with Crippen LogP contribution in [-0.2, 0) is 11.3 Å². The van der Waals surface area contributed by atoms with Gasteiger partial charge in [-0.2, -0.15) is 5.10 Å². The standard InChI is InChI=1S/C21H17Cl2N5O2/c1-12-19(21(29)24-16-6-4-3-5-15(16)23)25-26-20-18(13-7-9-14(22)10-8-13)17(11-30-2)27-28(12)20/h3-10H,11H2,1-2H3,(H,24,29). The number of fused-ring (bicyclic) bond motifs is 1. The number of aryl methyl sites for hydroxylation is 1. The fraction of sp³-hybridized carbons (Fsp3) is 0.143. The average Bonchev–Trinajstić information content (AvgIpc) is 3.10. The molecule has 0 saturated heterocycles. The molecule has 0 spiro atoms. The van der Waals surface area contributed by atoms with E-state index in [0.29, 0.717) is 32.8 Å². The highest BCUT2D eigenvalue weighted by atomic mass is 35.5. The molecule has 0 unspecified atom stereocenters. The summed E-state index contributed by atoms with van der Waals surface area (Å²) in [5.74, 6) is -0.424. The molecule has 7 nitrogen and oxygen atoms in total. The van der Waals surface area contributed by atoms with Crippen molar-refractivity contribution in [1.29, 1.82) is 0 Å². The summed E-state index contributed by atoms with van der Waals surface area (Å²) in [4.78, 5) is 12.8. The second kappa shape index (κ2) is 8.39. The summed E-state index contributed by atoms with van der Waals surface area (Å²) in [6.07, 6.45) is 0. The maximum atomic E-state index is 12.8. The molecule has 0 aliphatic heterocycles. The molecule has 2 aromatic heterocycles. The minimum absolute atomic E-state index is 0.150. The minimum atomic E-state index is -0.424. The Morgan fingerprint density at radius 3 is 2.53 bits per heavy atom. The molecule has 0 fully saturated rings. The summed E-state index contributed by atoms with van der Waals surface area (Å²) in [6.45, 7) is 2.04. The molecule has 2 aromatic carbocycles. The molecule has 9 heteroatoms. The molecular formula is C21H17Cl2N5O2. The van der Waals surface area contributed by atoms with Gasteiger partial charge in [-0.05, 0) is 36.8 Å². The Balaban J connectivity index is 1.80. The van der Waals surface area contributed by atoms with Gasteiger partial charge in [0, 0.05) is 12.1 Å². The summed E-state index contributed by atoms with van der Waals surface area (Å²) < 4.78 is 6.91. The molecule has 0 atom stereocenters. The number of amides is 1. The van der Waals surface area contributed by atoms with Gasteiger partial charge in [-0.15, -0.1) is 10.2 Å². The topological polar surface area (TPSA) is 81.4 Å². The van der Waals surface area contributed by atoms with Crippen LogP contribution in [0.4, 0.5) is 5.69 Å². The normalized spacial score (nSPS) is 11.1. The van der Waals surface area contributed by atoms with Gasteiger partial charge in [0.1, 0.15) is 0 Å². The average molecular weight is 442 g/mol. The molecule has 1 amide bonds. The first-order valence-corrected chi connectivity index (χ1v) is 9.81. The van der Waals surface area contributed by atoms with Gasteiger partial charge in [0.2, 0.25) is 0 Å². The van der Waals surface area contributed by atoms with Crippen molar-refractivity contribution in [2.24, 2.45) is 0 Å². The summed E-state index contributed by atoms with van der Waals surface area (Å²) in [6, 6.07) is 14.3. The van der Waals surface area contributed by atoms with Gasteiger partial charge in [-0.3, -0.25) is 4.79 Å². The van der Waals surface area contributed by atoms with Gasteiger partial charge in [-0.25, -0.2) is 4.52 Å². The second-order valence-electron chi connectivity index (χ2n) is 6.56. The Morgan fingerprint density at radius 2 is 1.83 bits per heavy atom. The van der Waals surface area contributed by atoms with E-state index in [1.54, 1.807) is 54.9 Å². The monoisotopic (exact) mass is 441 g/mol. The van der Waals surface area contributed by atoms with Crippen LogP contribution in [0.1, 0.15) is 21.9 Å². The number of carbonyl (C=O) groups is 1. The van der Waals surface area contributed by atoms with E-state index in [0.717, 1.165) is 11.1 Å². The molecule has 4 rings (SSSR count). The number of benzene rings is 2. The maximum absolute atomic E-state index is 12.8. The van der Waals surface area contributed by atoms with Crippen LogP contribution < -0.4 is 5.32 Å². The van der Waals surface area contributed by atoms with Gasteiger partial charge < -0.3 is 10.1 Å². The fourth-order valence-corrected chi connectivity index (χ4v) is 3.46. The number of ether oxygens (including phenoxy) is 1. The van der Waals surface area contributed by atoms with Crippen molar-refractivity contribution >= 4 is 40.4 Å². The predicted molar refractivity (Wildman–Crippen MR) is 116 cm³/mol. The number of halogens is 2.